The molecule has 0 spiro atoms. The lowest BCUT2D eigenvalue weighted by Gasteiger charge is -2.18. The van der Waals surface area contributed by atoms with Crippen molar-refractivity contribution in [1.82, 2.24) is 10.3 Å². The molecule has 2 aromatic rings. The van der Waals surface area contributed by atoms with Gasteiger partial charge in [0.25, 0.3) is 0 Å². The SMILES string of the molecule is CC(C)NCc1ccc(N(C)c2ccccc2)nc1. The minimum Gasteiger partial charge on any atom is -0.329 e. The molecule has 1 N–H and O–H groups in total. The van der Waals surface area contributed by atoms with E-state index in [2.05, 4.69) is 53.3 Å². The Labute approximate surface area is 115 Å². The van der Waals surface area contributed by atoms with Crippen LogP contribution in [-0.2, 0) is 6.54 Å². The average molecular weight is 255 g/mol. The van der Waals surface area contributed by atoms with Gasteiger partial charge < -0.3 is 10.2 Å². The Morgan fingerprint density at radius 3 is 2.42 bits per heavy atom. The lowest BCUT2D eigenvalue weighted by Crippen LogP contribution is -2.22. The molecule has 0 atom stereocenters. The summed E-state index contributed by atoms with van der Waals surface area (Å²) in [6.45, 7) is 5.15. The fourth-order valence-corrected chi connectivity index (χ4v) is 1.83. The number of nitrogens with one attached hydrogen (secondary N) is 1. The lowest BCUT2D eigenvalue weighted by atomic mass is 10.2. The van der Waals surface area contributed by atoms with Crippen molar-refractivity contribution in [2.75, 3.05) is 11.9 Å². The zero-order valence-corrected chi connectivity index (χ0v) is 11.8. The summed E-state index contributed by atoms with van der Waals surface area (Å²) in [4.78, 5) is 6.60. The predicted octanol–water partition coefficient (Wildman–Crippen LogP) is 3.35. The molecule has 3 nitrogen and oxygen atoms in total. The van der Waals surface area contributed by atoms with Crippen molar-refractivity contribution in [2.24, 2.45) is 0 Å². The van der Waals surface area contributed by atoms with E-state index in [4.69, 9.17) is 0 Å². The van der Waals surface area contributed by atoms with Crippen LogP contribution in [0.4, 0.5) is 11.5 Å². The summed E-state index contributed by atoms with van der Waals surface area (Å²) < 4.78 is 0. The van der Waals surface area contributed by atoms with Crippen LogP contribution >= 0.6 is 0 Å². The third kappa shape index (κ3) is 3.80. The summed E-state index contributed by atoms with van der Waals surface area (Å²) in [5.74, 6) is 0.958. The monoisotopic (exact) mass is 255 g/mol. The van der Waals surface area contributed by atoms with E-state index < -0.39 is 0 Å². The second kappa shape index (κ2) is 6.34. The molecular formula is C16H21N3. The highest BCUT2D eigenvalue weighted by Crippen LogP contribution is 2.20. The molecule has 1 aromatic heterocycles. The molecule has 0 aliphatic rings. The molecule has 0 amide bonds. The Balaban J connectivity index is 2.06. The second-order valence-electron chi connectivity index (χ2n) is 4.95. The number of para-hydroxylation sites is 1. The van der Waals surface area contributed by atoms with E-state index in [1.165, 1.54) is 5.56 Å². The second-order valence-corrected chi connectivity index (χ2v) is 4.95. The fourth-order valence-electron chi connectivity index (χ4n) is 1.83. The van der Waals surface area contributed by atoms with Gasteiger partial charge in [0.15, 0.2) is 0 Å². The van der Waals surface area contributed by atoms with Gasteiger partial charge in [0.1, 0.15) is 5.82 Å². The maximum Gasteiger partial charge on any atom is 0.132 e. The van der Waals surface area contributed by atoms with E-state index in [0.717, 1.165) is 18.1 Å². The van der Waals surface area contributed by atoms with E-state index in [0.29, 0.717) is 6.04 Å². The van der Waals surface area contributed by atoms with Crippen LogP contribution in [0.1, 0.15) is 19.4 Å². The highest BCUT2D eigenvalue weighted by molar-refractivity contribution is 5.58. The van der Waals surface area contributed by atoms with E-state index in [-0.39, 0.29) is 0 Å². The van der Waals surface area contributed by atoms with Crippen LogP contribution in [0.2, 0.25) is 0 Å². The van der Waals surface area contributed by atoms with Gasteiger partial charge >= 0.3 is 0 Å². The van der Waals surface area contributed by atoms with Crippen LogP contribution < -0.4 is 10.2 Å². The lowest BCUT2D eigenvalue weighted by molar-refractivity contribution is 0.588. The first-order valence-corrected chi connectivity index (χ1v) is 6.64. The molecule has 3 heteroatoms. The summed E-state index contributed by atoms with van der Waals surface area (Å²) in [5.41, 5.74) is 2.35. The Morgan fingerprint density at radius 2 is 1.84 bits per heavy atom. The van der Waals surface area contributed by atoms with Gasteiger partial charge in [-0.2, -0.15) is 0 Å². The van der Waals surface area contributed by atoms with E-state index in [1.807, 2.05) is 31.4 Å². The van der Waals surface area contributed by atoms with Crippen molar-refractivity contribution < 1.29 is 0 Å². The first-order valence-electron chi connectivity index (χ1n) is 6.64. The van der Waals surface area contributed by atoms with Gasteiger partial charge in [-0.3, -0.25) is 0 Å². The highest BCUT2D eigenvalue weighted by Gasteiger charge is 2.04. The summed E-state index contributed by atoms with van der Waals surface area (Å²) in [6.07, 6.45) is 1.93. The zero-order chi connectivity index (χ0) is 13.7. The van der Waals surface area contributed by atoms with Crippen LogP contribution in [0.25, 0.3) is 0 Å². The molecule has 0 unspecified atom stereocenters. The van der Waals surface area contributed by atoms with Crippen LogP contribution in [0, 0.1) is 0 Å². The van der Waals surface area contributed by atoms with E-state index in [9.17, 15) is 0 Å². The zero-order valence-electron chi connectivity index (χ0n) is 11.8. The Bertz CT molecular complexity index is 491. The maximum atomic E-state index is 4.52. The largest absolute Gasteiger partial charge is 0.329 e. The van der Waals surface area contributed by atoms with Crippen molar-refractivity contribution in [3.8, 4) is 0 Å². The molecule has 19 heavy (non-hydrogen) atoms. The molecule has 1 heterocycles. The summed E-state index contributed by atoms with van der Waals surface area (Å²) in [5, 5.41) is 3.39. The highest BCUT2D eigenvalue weighted by atomic mass is 15.2. The third-order valence-corrected chi connectivity index (χ3v) is 3.01. The number of anilines is 2. The molecule has 100 valence electrons. The predicted molar refractivity (Wildman–Crippen MR) is 80.7 cm³/mol. The number of aromatic nitrogens is 1. The molecule has 0 saturated heterocycles. The topological polar surface area (TPSA) is 28.2 Å². The van der Waals surface area contributed by atoms with Crippen molar-refractivity contribution >= 4 is 11.5 Å². The molecule has 0 fully saturated rings. The smallest absolute Gasteiger partial charge is 0.132 e. The van der Waals surface area contributed by atoms with Gasteiger partial charge in [-0.15, -0.1) is 0 Å². The molecule has 0 saturated carbocycles. The maximum absolute atomic E-state index is 4.52. The molecule has 0 aliphatic carbocycles. The van der Waals surface area contributed by atoms with Gasteiger partial charge in [-0.1, -0.05) is 38.1 Å². The van der Waals surface area contributed by atoms with Gasteiger partial charge in [-0.05, 0) is 23.8 Å². The van der Waals surface area contributed by atoms with Crippen molar-refractivity contribution in [3.63, 3.8) is 0 Å². The summed E-state index contributed by atoms with van der Waals surface area (Å²) in [7, 11) is 2.03. The van der Waals surface area contributed by atoms with E-state index in [1.54, 1.807) is 0 Å². The van der Waals surface area contributed by atoms with Crippen LogP contribution in [0.15, 0.2) is 48.7 Å². The number of pyridine rings is 1. The van der Waals surface area contributed by atoms with Gasteiger partial charge in [-0.25, -0.2) is 4.98 Å². The molecular weight excluding hydrogens is 234 g/mol. The summed E-state index contributed by atoms with van der Waals surface area (Å²) >= 11 is 0. The Morgan fingerprint density at radius 1 is 1.11 bits per heavy atom. The number of nitrogens with zero attached hydrogens (tertiary/aromatic N) is 2. The van der Waals surface area contributed by atoms with Crippen molar-refractivity contribution in [2.45, 2.75) is 26.4 Å². The quantitative estimate of drug-likeness (QED) is 0.888. The van der Waals surface area contributed by atoms with Gasteiger partial charge in [0.05, 0.1) is 0 Å². The first kappa shape index (κ1) is 13.6. The van der Waals surface area contributed by atoms with Crippen LogP contribution in [0.3, 0.4) is 0 Å². The van der Waals surface area contributed by atoms with Crippen LogP contribution in [-0.4, -0.2) is 18.1 Å². The molecule has 2 rings (SSSR count). The fraction of sp³-hybridized carbons (Fsp3) is 0.312. The van der Waals surface area contributed by atoms with Crippen LogP contribution in [0.5, 0.6) is 0 Å². The number of benzene rings is 1. The Kier molecular flexibility index (Phi) is 4.53. The Hall–Kier alpha value is -1.87. The minimum atomic E-state index is 0.492. The van der Waals surface area contributed by atoms with Gasteiger partial charge in [0.2, 0.25) is 0 Å². The van der Waals surface area contributed by atoms with E-state index >= 15 is 0 Å². The standard InChI is InChI=1S/C16H21N3/c1-13(2)17-11-14-9-10-16(18-12-14)19(3)15-7-5-4-6-8-15/h4-10,12-13,17H,11H2,1-3H3. The molecule has 0 bridgehead atoms. The average Bonchev–Trinajstić information content (AvgIpc) is 2.46. The normalized spacial score (nSPS) is 10.7. The third-order valence-electron chi connectivity index (χ3n) is 3.01. The minimum absolute atomic E-state index is 0.492. The van der Waals surface area contributed by atoms with Crippen molar-refractivity contribution in [3.05, 3.63) is 54.2 Å². The first-order chi connectivity index (χ1) is 9.16. The summed E-state index contributed by atoms with van der Waals surface area (Å²) in [6, 6.07) is 14.9. The number of hydrogen-bond acceptors (Lipinski definition) is 3. The van der Waals surface area contributed by atoms with Gasteiger partial charge in [0, 0.05) is 31.5 Å². The molecule has 1 aromatic carbocycles. The molecule has 0 radical (unpaired) electrons. The number of rotatable bonds is 5. The molecule has 0 aliphatic heterocycles. The van der Waals surface area contributed by atoms with Crippen molar-refractivity contribution in [1.29, 1.82) is 0 Å². The number of hydrogen-bond donors (Lipinski definition) is 1.